The third-order valence-electron chi connectivity index (χ3n) is 1.68. The molecule has 0 saturated heterocycles. The predicted octanol–water partition coefficient (Wildman–Crippen LogP) is 1.12. The number of carbonyl (C=O) groups excluding carboxylic acids is 1. The zero-order valence-corrected chi connectivity index (χ0v) is 8.13. The first-order valence-electron chi connectivity index (χ1n) is 4.33. The van der Waals surface area contributed by atoms with Crippen LogP contribution in [0.5, 0.6) is 0 Å². The van der Waals surface area contributed by atoms with E-state index in [-0.39, 0.29) is 11.6 Å². The van der Waals surface area contributed by atoms with E-state index in [9.17, 15) is 13.6 Å². The second kappa shape index (κ2) is 5.23. The minimum absolute atomic E-state index is 0.191. The van der Waals surface area contributed by atoms with Gasteiger partial charge in [0.1, 0.15) is 5.69 Å². The zero-order valence-electron chi connectivity index (χ0n) is 8.13. The van der Waals surface area contributed by atoms with E-state index in [1.54, 1.807) is 0 Å². The average molecular weight is 215 g/mol. The quantitative estimate of drug-likeness (QED) is 0.791. The van der Waals surface area contributed by atoms with Gasteiger partial charge in [-0.25, -0.2) is 8.78 Å². The van der Waals surface area contributed by atoms with E-state index in [1.807, 2.05) is 0 Å². The Morgan fingerprint density at radius 1 is 1.60 bits per heavy atom. The van der Waals surface area contributed by atoms with Gasteiger partial charge < -0.3 is 10.6 Å². The third-order valence-corrected chi connectivity index (χ3v) is 1.68. The van der Waals surface area contributed by atoms with Gasteiger partial charge in [-0.15, -0.1) is 0 Å². The van der Waals surface area contributed by atoms with Crippen LogP contribution >= 0.6 is 0 Å². The van der Waals surface area contributed by atoms with Crippen molar-refractivity contribution in [2.24, 2.45) is 0 Å². The molecule has 6 heteroatoms. The summed E-state index contributed by atoms with van der Waals surface area (Å²) in [4.78, 5) is 15.0. The Morgan fingerprint density at radius 3 is 2.93 bits per heavy atom. The van der Waals surface area contributed by atoms with E-state index >= 15 is 0 Å². The van der Waals surface area contributed by atoms with Crippen LogP contribution in [-0.2, 0) is 0 Å². The molecule has 1 heterocycles. The number of amides is 1. The first-order valence-corrected chi connectivity index (χ1v) is 4.33. The minimum atomic E-state index is -2.43. The molecule has 0 aliphatic carbocycles. The molecule has 0 aliphatic heterocycles. The van der Waals surface area contributed by atoms with Crippen molar-refractivity contribution < 1.29 is 13.6 Å². The molecule has 1 amide bonds. The smallest absolute Gasteiger partial charge is 0.269 e. The normalized spacial score (nSPS) is 10.1. The summed E-state index contributed by atoms with van der Waals surface area (Å²) in [6.45, 7) is -0.447. The maximum atomic E-state index is 11.9. The number of halogens is 2. The lowest BCUT2D eigenvalue weighted by molar-refractivity contribution is 0.0958. The SMILES string of the molecule is CNC(=O)c1cc(NCC(F)F)ccn1. The molecule has 0 aliphatic rings. The van der Waals surface area contributed by atoms with Crippen molar-refractivity contribution in [3.05, 3.63) is 24.0 Å². The highest BCUT2D eigenvalue weighted by Gasteiger charge is 2.06. The van der Waals surface area contributed by atoms with Crippen molar-refractivity contribution in [3.8, 4) is 0 Å². The first-order chi connectivity index (χ1) is 7.13. The highest BCUT2D eigenvalue weighted by atomic mass is 19.3. The maximum absolute atomic E-state index is 11.9. The summed E-state index contributed by atoms with van der Waals surface area (Å²) in [6.07, 6.45) is -1.04. The van der Waals surface area contributed by atoms with E-state index in [0.717, 1.165) is 0 Å². The molecule has 0 radical (unpaired) electrons. The van der Waals surface area contributed by atoms with Crippen LogP contribution in [0.2, 0.25) is 0 Å². The number of hydrogen-bond acceptors (Lipinski definition) is 3. The molecular formula is C9H11F2N3O. The van der Waals surface area contributed by atoms with Crippen LogP contribution in [-0.4, -0.2) is 30.9 Å². The van der Waals surface area contributed by atoms with Crippen LogP contribution in [0.4, 0.5) is 14.5 Å². The van der Waals surface area contributed by atoms with Gasteiger partial charge in [0.05, 0.1) is 6.54 Å². The van der Waals surface area contributed by atoms with E-state index in [4.69, 9.17) is 0 Å². The lowest BCUT2D eigenvalue weighted by Gasteiger charge is -2.06. The molecule has 0 spiro atoms. The Labute approximate surface area is 85.7 Å². The summed E-state index contributed by atoms with van der Waals surface area (Å²) in [5, 5.41) is 4.89. The molecule has 1 aromatic heterocycles. The number of alkyl halides is 2. The molecule has 0 fully saturated rings. The van der Waals surface area contributed by atoms with E-state index in [0.29, 0.717) is 5.69 Å². The predicted molar refractivity (Wildman–Crippen MR) is 52.1 cm³/mol. The Bertz CT molecular complexity index is 344. The molecule has 82 valence electrons. The van der Waals surface area contributed by atoms with Crippen molar-refractivity contribution >= 4 is 11.6 Å². The number of rotatable bonds is 4. The van der Waals surface area contributed by atoms with Gasteiger partial charge in [-0.1, -0.05) is 0 Å². The molecule has 1 rings (SSSR count). The van der Waals surface area contributed by atoms with Gasteiger partial charge in [-0.3, -0.25) is 9.78 Å². The Balaban J connectivity index is 2.70. The largest absolute Gasteiger partial charge is 0.379 e. The highest BCUT2D eigenvalue weighted by molar-refractivity contribution is 5.92. The second-order valence-corrected chi connectivity index (χ2v) is 2.78. The Kier molecular flexibility index (Phi) is 3.96. The van der Waals surface area contributed by atoms with Crippen LogP contribution in [0, 0.1) is 0 Å². The van der Waals surface area contributed by atoms with Gasteiger partial charge in [-0.2, -0.15) is 0 Å². The topological polar surface area (TPSA) is 54.0 Å². The van der Waals surface area contributed by atoms with Gasteiger partial charge in [0, 0.05) is 18.9 Å². The van der Waals surface area contributed by atoms with Crippen molar-refractivity contribution in [2.75, 3.05) is 18.9 Å². The fraction of sp³-hybridized carbons (Fsp3) is 0.333. The number of nitrogens with zero attached hydrogens (tertiary/aromatic N) is 1. The van der Waals surface area contributed by atoms with E-state index in [1.165, 1.54) is 25.4 Å². The Morgan fingerprint density at radius 2 is 2.33 bits per heavy atom. The minimum Gasteiger partial charge on any atom is -0.379 e. The second-order valence-electron chi connectivity index (χ2n) is 2.78. The summed E-state index contributed by atoms with van der Waals surface area (Å²) in [6, 6.07) is 2.94. The number of aromatic nitrogens is 1. The van der Waals surface area contributed by atoms with Crippen LogP contribution in [0.25, 0.3) is 0 Å². The van der Waals surface area contributed by atoms with Gasteiger partial charge in [-0.05, 0) is 12.1 Å². The third kappa shape index (κ3) is 3.49. The Hall–Kier alpha value is -1.72. The van der Waals surface area contributed by atoms with Crippen LogP contribution in [0.3, 0.4) is 0 Å². The average Bonchev–Trinajstić information content (AvgIpc) is 2.25. The van der Waals surface area contributed by atoms with E-state index in [2.05, 4.69) is 15.6 Å². The molecule has 0 unspecified atom stereocenters. The van der Waals surface area contributed by atoms with Gasteiger partial charge in [0.15, 0.2) is 0 Å². The molecule has 2 N–H and O–H groups in total. The molecule has 0 bridgehead atoms. The first kappa shape index (κ1) is 11.4. The molecule has 0 atom stereocenters. The fourth-order valence-corrected chi connectivity index (χ4v) is 0.988. The lowest BCUT2D eigenvalue weighted by atomic mass is 10.3. The number of hydrogen-bond donors (Lipinski definition) is 2. The molecule has 15 heavy (non-hydrogen) atoms. The summed E-state index contributed by atoms with van der Waals surface area (Å²) >= 11 is 0. The van der Waals surface area contributed by atoms with Gasteiger partial charge in [0.2, 0.25) is 0 Å². The standard InChI is InChI=1S/C9H11F2N3O/c1-12-9(15)7-4-6(2-3-13-7)14-5-8(10)11/h2-4,8H,5H2,1H3,(H,12,15)(H,13,14). The molecular weight excluding hydrogens is 204 g/mol. The summed E-state index contributed by atoms with van der Waals surface area (Å²) in [7, 11) is 1.48. The van der Waals surface area contributed by atoms with Gasteiger partial charge in [0.25, 0.3) is 12.3 Å². The van der Waals surface area contributed by atoms with E-state index < -0.39 is 13.0 Å². The molecule has 4 nitrogen and oxygen atoms in total. The maximum Gasteiger partial charge on any atom is 0.269 e. The van der Waals surface area contributed by atoms with Crippen molar-refractivity contribution in [1.29, 1.82) is 0 Å². The summed E-state index contributed by atoms with van der Waals surface area (Å²) in [5.74, 6) is -0.351. The summed E-state index contributed by atoms with van der Waals surface area (Å²) < 4.78 is 23.8. The van der Waals surface area contributed by atoms with Crippen molar-refractivity contribution in [1.82, 2.24) is 10.3 Å². The number of carbonyl (C=O) groups is 1. The lowest BCUT2D eigenvalue weighted by Crippen LogP contribution is -2.19. The summed E-state index contributed by atoms with van der Waals surface area (Å²) in [5.41, 5.74) is 0.640. The van der Waals surface area contributed by atoms with Crippen LogP contribution in [0.15, 0.2) is 18.3 Å². The van der Waals surface area contributed by atoms with Gasteiger partial charge >= 0.3 is 0 Å². The molecule has 0 aromatic carbocycles. The van der Waals surface area contributed by atoms with Crippen LogP contribution in [0.1, 0.15) is 10.5 Å². The monoisotopic (exact) mass is 215 g/mol. The molecule has 1 aromatic rings. The number of anilines is 1. The fourth-order valence-electron chi connectivity index (χ4n) is 0.988. The van der Waals surface area contributed by atoms with Crippen molar-refractivity contribution in [2.45, 2.75) is 6.43 Å². The highest BCUT2D eigenvalue weighted by Crippen LogP contribution is 2.08. The van der Waals surface area contributed by atoms with Crippen molar-refractivity contribution in [3.63, 3.8) is 0 Å². The number of pyridine rings is 1. The molecule has 0 saturated carbocycles. The number of nitrogens with one attached hydrogen (secondary N) is 2. The van der Waals surface area contributed by atoms with Crippen LogP contribution < -0.4 is 10.6 Å². The zero-order chi connectivity index (χ0) is 11.3.